The molecule has 3 aromatic rings. The third-order valence-corrected chi connectivity index (χ3v) is 5.83. The number of ketones is 1. The van der Waals surface area contributed by atoms with Gasteiger partial charge in [-0.25, -0.2) is 0 Å². The number of rotatable bonds is 2. The second kappa shape index (κ2) is 6.51. The number of aromatic hydroxyl groups is 2. The summed E-state index contributed by atoms with van der Waals surface area (Å²) in [6, 6.07) is 14.0. The van der Waals surface area contributed by atoms with Gasteiger partial charge in [-0.1, -0.05) is 29.4 Å². The fraction of sp³-hybridized carbons (Fsp3) is 0.217. The largest absolute Gasteiger partial charge is 0.508 e. The molecule has 2 aromatic carbocycles. The van der Waals surface area contributed by atoms with Crippen molar-refractivity contribution in [1.82, 2.24) is 5.16 Å². The van der Waals surface area contributed by atoms with Gasteiger partial charge >= 0.3 is 0 Å². The number of hydrogen-bond donors (Lipinski definition) is 3. The Bertz CT molecular complexity index is 1140. The molecule has 0 fully saturated rings. The molecule has 2 aliphatic rings. The Morgan fingerprint density at radius 3 is 2.59 bits per heavy atom. The molecule has 0 radical (unpaired) electrons. The minimum Gasteiger partial charge on any atom is -0.508 e. The van der Waals surface area contributed by atoms with Gasteiger partial charge in [-0.3, -0.25) is 4.79 Å². The SMILES string of the molecule is Cc1noc2c1C(c1cccc(O)c1)C1=C(CC(c3ccc(O)cc3)CC1=O)N2. The Morgan fingerprint density at radius 2 is 1.83 bits per heavy atom. The molecule has 5 rings (SSSR count). The molecule has 29 heavy (non-hydrogen) atoms. The second-order valence-electron chi connectivity index (χ2n) is 7.68. The van der Waals surface area contributed by atoms with Crippen molar-refractivity contribution in [3.63, 3.8) is 0 Å². The van der Waals surface area contributed by atoms with Crippen molar-refractivity contribution >= 4 is 11.7 Å². The number of phenols is 2. The molecule has 2 unspecified atom stereocenters. The Labute approximate surface area is 167 Å². The summed E-state index contributed by atoms with van der Waals surface area (Å²) < 4.78 is 5.51. The lowest BCUT2D eigenvalue weighted by Gasteiger charge is -2.34. The van der Waals surface area contributed by atoms with Crippen LogP contribution in [0, 0.1) is 6.92 Å². The van der Waals surface area contributed by atoms with Crippen molar-refractivity contribution in [3.05, 3.63) is 82.2 Å². The molecule has 0 spiro atoms. The zero-order valence-corrected chi connectivity index (χ0v) is 15.8. The van der Waals surface area contributed by atoms with E-state index in [0.717, 1.165) is 28.1 Å². The normalized spacial score (nSPS) is 20.8. The number of carbonyl (C=O) groups is 1. The van der Waals surface area contributed by atoms with Crippen LogP contribution in [0.25, 0.3) is 0 Å². The Kier molecular flexibility index (Phi) is 3.94. The minimum atomic E-state index is -0.326. The van der Waals surface area contributed by atoms with Crippen LogP contribution in [0.5, 0.6) is 11.5 Å². The second-order valence-corrected chi connectivity index (χ2v) is 7.68. The zero-order valence-electron chi connectivity index (χ0n) is 15.8. The fourth-order valence-electron chi connectivity index (χ4n) is 4.49. The van der Waals surface area contributed by atoms with Crippen molar-refractivity contribution in [2.24, 2.45) is 0 Å². The van der Waals surface area contributed by atoms with Crippen molar-refractivity contribution in [1.29, 1.82) is 0 Å². The van der Waals surface area contributed by atoms with Gasteiger partial charge in [0.1, 0.15) is 11.5 Å². The molecule has 3 N–H and O–H groups in total. The number of aromatic nitrogens is 1. The average molecular weight is 388 g/mol. The molecule has 0 bridgehead atoms. The number of aryl methyl sites for hydroxylation is 1. The summed E-state index contributed by atoms with van der Waals surface area (Å²) in [5, 5.41) is 27.0. The summed E-state index contributed by atoms with van der Waals surface area (Å²) in [6.07, 6.45) is 1.04. The highest BCUT2D eigenvalue weighted by molar-refractivity contribution is 6.01. The molecule has 6 heteroatoms. The minimum absolute atomic E-state index is 0.0183. The van der Waals surface area contributed by atoms with Gasteiger partial charge in [0, 0.05) is 23.6 Å². The maximum absolute atomic E-state index is 13.3. The first-order chi connectivity index (χ1) is 14.0. The molecule has 146 valence electrons. The lowest BCUT2D eigenvalue weighted by Crippen LogP contribution is -2.29. The topological polar surface area (TPSA) is 95.6 Å². The van der Waals surface area contributed by atoms with Gasteiger partial charge in [0.05, 0.1) is 11.3 Å². The highest BCUT2D eigenvalue weighted by Gasteiger charge is 2.41. The molecule has 1 aliphatic heterocycles. The highest BCUT2D eigenvalue weighted by Crippen LogP contribution is 2.49. The van der Waals surface area contributed by atoms with Gasteiger partial charge in [-0.05, 0) is 54.7 Å². The highest BCUT2D eigenvalue weighted by atomic mass is 16.5. The number of Topliss-reactive ketones (excluding diaryl/α,β-unsaturated/α-hetero) is 1. The van der Waals surface area contributed by atoms with Gasteiger partial charge in [-0.15, -0.1) is 0 Å². The third-order valence-electron chi connectivity index (χ3n) is 5.83. The number of nitrogens with one attached hydrogen (secondary N) is 1. The van der Waals surface area contributed by atoms with E-state index in [2.05, 4.69) is 10.5 Å². The van der Waals surface area contributed by atoms with E-state index in [1.807, 2.05) is 25.1 Å². The molecule has 6 nitrogen and oxygen atoms in total. The van der Waals surface area contributed by atoms with E-state index in [1.165, 1.54) is 0 Å². The summed E-state index contributed by atoms with van der Waals surface area (Å²) in [4.78, 5) is 13.3. The fourth-order valence-corrected chi connectivity index (χ4v) is 4.49. The Balaban J connectivity index is 1.62. The first-order valence-corrected chi connectivity index (χ1v) is 9.58. The maximum Gasteiger partial charge on any atom is 0.233 e. The molecule has 2 heterocycles. The number of hydrogen-bond acceptors (Lipinski definition) is 6. The van der Waals surface area contributed by atoms with Gasteiger partial charge in [0.15, 0.2) is 5.78 Å². The van der Waals surface area contributed by atoms with Crippen LogP contribution in [-0.4, -0.2) is 21.2 Å². The van der Waals surface area contributed by atoms with Crippen molar-refractivity contribution in [2.75, 3.05) is 5.32 Å². The first-order valence-electron chi connectivity index (χ1n) is 9.58. The monoisotopic (exact) mass is 388 g/mol. The standard InChI is InChI=1S/C23H20N2O4/c1-12-20-21(14-3-2-4-17(27)9-14)22-18(24-23(20)29-25-12)10-15(11-19(22)28)13-5-7-16(26)8-6-13/h2-9,15,21,24,26-27H,10-11H2,1H3. The lowest BCUT2D eigenvalue weighted by atomic mass is 9.72. The van der Waals surface area contributed by atoms with Crippen LogP contribution in [0.15, 0.2) is 64.3 Å². The molecule has 1 aromatic heterocycles. The van der Waals surface area contributed by atoms with Crippen LogP contribution in [0.3, 0.4) is 0 Å². The van der Waals surface area contributed by atoms with Crippen molar-refractivity contribution in [2.45, 2.75) is 31.6 Å². The van der Waals surface area contributed by atoms with E-state index in [4.69, 9.17) is 4.52 Å². The van der Waals surface area contributed by atoms with Gasteiger partial charge < -0.3 is 20.1 Å². The van der Waals surface area contributed by atoms with Crippen molar-refractivity contribution in [3.8, 4) is 11.5 Å². The Morgan fingerprint density at radius 1 is 1.03 bits per heavy atom. The van der Waals surface area contributed by atoms with Crippen LogP contribution in [0.1, 0.15) is 47.1 Å². The van der Waals surface area contributed by atoms with Crippen LogP contribution < -0.4 is 5.32 Å². The number of anilines is 1. The molecule has 0 amide bonds. The summed E-state index contributed by atoms with van der Waals surface area (Å²) >= 11 is 0. The average Bonchev–Trinajstić information content (AvgIpc) is 3.07. The maximum atomic E-state index is 13.3. The summed E-state index contributed by atoms with van der Waals surface area (Å²) in [6.45, 7) is 1.86. The molecule has 1 aliphatic carbocycles. The van der Waals surface area contributed by atoms with Gasteiger partial charge in [0.2, 0.25) is 5.88 Å². The van der Waals surface area contributed by atoms with Crippen LogP contribution in [-0.2, 0) is 4.79 Å². The van der Waals surface area contributed by atoms with Crippen LogP contribution in [0.4, 0.5) is 5.88 Å². The van der Waals surface area contributed by atoms with E-state index in [0.29, 0.717) is 24.3 Å². The van der Waals surface area contributed by atoms with E-state index >= 15 is 0 Å². The van der Waals surface area contributed by atoms with Gasteiger partial charge in [-0.2, -0.15) is 0 Å². The summed E-state index contributed by atoms with van der Waals surface area (Å²) in [7, 11) is 0. The number of nitrogens with zero attached hydrogens (tertiary/aromatic N) is 1. The number of fused-ring (bicyclic) bond motifs is 1. The molecule has 0 saturated carbocycles. The van der Waals surface area contributed by atoms with E-state index < -0.39 is 0 Å². The lowest BCUT2D eigenvalue weighted by molar-refractivity contribution is -0.116. The molecule has 0 saturated heterocycles. The number of carbonyl (C=O) groups excluding carboxylic acids is 1. The molecular weight excluding hydrogens is 368 g/mol. The predicted molar refractivity (Wildman–Crippen MR) is 107 cm³/mol. The smallest absolute Gasteiger partial charge is 0.233 e. The van der Waals surface area contributed by atoms with Crippen molar-refractivity contribution < 1.29 is 19.5 Å². The molecular formula is C23H20N2O4. The number of benzene rings is 2. The predicted octanol–water partition coefficient (Wildman–Crippen LogP) is 4.35. The first kappa shape index (κ1) is 17.6. The van der Waals surface area contributed by atoms with Crippen LogP contribution in [0.2, 0.25) is 0 Å². The summed E-state index contributed by atoms with van der Waals surface area (Å²) in [5.74, 6) is 0.671. The van der Waals surface area contributed by atoms with E-state index in [9.17, 15) is 15.0 Å². The number of allylic oxidation sites excluding steroid dienone is 2. The van der Waals surface area contributed by atoms with Crippen LogP contribution >= 0.6 is 0 Å². The third kappa shape index (κ3) is 2.88. The van der Waals surface area contributed by atoms with E-state index in [-0.39, 0.29) is 29.1 Å². The molecule has 2 atom stereocenters. The zero-order chi connectivity index (χ0) is 20.1. The Hall–Kier alpha value is -3.54. The van der Waals surface area contributed by atoms with E-state index in [1.54, 1.807) is 30.3 Å². The summed E-state index contributed by atoms with van der Waals surface area (Å²) in [5.41, 5.74) is 4.95. The van der Waals surface area contributed by atoms with Gasteiger partial charge in [0.25, 0.3) is 0 Å². The quantitative estimate of drug-likeness (QED) is 0.604. The number of phenolic OH excluding ortho intramolecular Hbond substituents is 2.